The molecular formula is C13H8BrF2NO4. The van der Waals surface area contributed by atoms with E-state index in [-0.39, 0.29) is 21.7 Å². The molecule has 0 amide bonds. The second kappa shape index (κ2) is 6.04. The van der Waals surface area contributed by atoms with Gasteiger partial charge in [0.15, 0.2) is 11.6 Å². The number of methoxy groups -OCH3 is 1. The summed E-state index contributed by atoms with van der Waals surface area (Å²) >= 11 is 2.97. The predicted molar refractivity (Wildman–Crippen MR) is 73.8 cm³/mol. The Balaban J connectivity index is 2.40. The lowest BCUT2D eigenvalue weighted by atomic mass is 10.2. The third-order valence-electron chi connectivity index (χ3n) is 2.55. The van der Waals surface area contributed by atoms with Crippen LogP contribution in [0.4, 0.5) is 14.5 Å². The third-order valence-corrected chi connectivity index (χ3v) is 3.16. The Morgan fingerprint density at radius 1 is 1.14 bits per heavy atom. The van der Waals surface area contributed by atoms with E-state index in [0.29, 0.717) is 6.07 Å². The van der Waals surface area contributed by atoms with Gasteiger partial charge < -0.3 is 9.47 Å². The average molecular weight is 360 g/mol. The lowest BCUT2D eigenvalue weighted by Gasteiger charge is -2.09. The van der Waals surface area contributed by atoms with E-state index in [1.807, 2.05) is 0 Å². The van der Waals surface area contributed by atoms with Gasteiger partial charge in [-0.15, -0.1) is 0 Å². The molecule has 0 heterocycles. The molecule has 2 aromatic carbocycles. The van der Waals surface area contributed by atoms with Crippen LogP contribution in [-0.4, -0.2) is 12.0 Å². The molecule has 0 saturated carbocycles. The number of nitrogens with zero attached hydrogens (tertiary/aromatic N) is 1. The zero-order valence-electron chi connectivity index (χ0n) is 10.6. The van der Waals surface area contributed by atoms with Crippen LogP contribution in [-0.2, 0) is 0 Å². The summed E-state index contributed by atoms with van der Waals surface area (Å²) in [4.78, 5) is 9.99. The van der Waals surface area contributed by atoms with E-state index in [1.54, 1.807) is 0 Å². The first-order valence-electron chi connectivity index (χ1n) is 5.57. The smallest absolute Gasteiger partial charge is 0.314 e. The first-order valence-corrected chi connectivity index (χ1v) is 6.36. The molecule has 0 saturated heterocycles. The molecule has 0 N–H and O–H groups in total. The molecule has 0 aliphatic rings. The molecule has 0 spiro atoms. The van der Waals surface area contributed by atoms with E-state index in [1.165, 1.54) is 19.2 Å². The topological polar surface area (TPSA) is 61.6 Å². The van der Waals surface area contributed by atoms with E-state index in [4.69, 9.17) is 9.47 Å². The molecule has 0 aromatic heterocycles. The van der Waals surface area contributed by atoms with Crippen molar-refractivity contribution in [2.45, 2.75) is 0 Å². The van der Waals surface area contributed by atoms with Crippen LogP contribution in [0.3, 0.4) is 0 Å². The van der Waals surface area contributed by atoms with Gasteiger partial charge in [-0.2, -0.15) is 0 Å². The van der Waals surface area contributed by atoms with Crippen LogP contribution in [0.2, 0.25) is 0 Å². The normalized spacial score (nSPS) is 10.3. The van der Waals surface area contributed by atoms with Gasteiger partial charge in [0.25, 0.3) is 0 Å². The highest BCUT2D eigenvalue weighted by Gasteiger charge is 2.20. The Morgan fingerprint density at radius 3 is 2.43 bits per heavy atom. The van der Waals surface area contributed by atoms with Gasteiger partial charge in [0, 0.05) is 6.07 Å². The van der Waals surface area contributed by atoms with E-state index < -0.39 is 22.2 Å². The summed E-state index contributed by atoms with van der Waals surface area (Å²) in [5.74, 6) is -1.67. The number of hydrogen-bond donors (Lipinski definition) is 0. The van der Waals surface area contributed by atoms with Crippen LogP contribution in [0.1, 0.15) is 0 Å². The van der Waals surface area contributed by atoms with Crippen molar-refractivity contribution in [1.29, 1.82) is 0 Å². The molecule has 110 valence electrons. The van der Waals surface area contributed by atoms with Crippen LogP contribution in [0.15, 0.2) is 34.8 Å². The van der Waals surface area contributed by atoms with Gasteiger partial charge in [-0.1, -0.05) is 0 Å². The fraction of sp³-hybridized carbons (Fsp3) is 0.0769. The van der Waals surface area contributed by atoms with Crippen LogP contribution >= 0.6 is 15.9 Å². The van der Waals surface area contributed by atoms with Gasteiger partial charge in [-0.05, 0) is 34.1 Å². The minimum Gasteiger partial charge on any atom is -0.490 e. The molecule has 21 heavy (non-hydrogen) atoms. The fourth-order valence-electron chi connectivity index (χ4n) is 1.58. The summed E-state index contributed by atoms with van der Waals surface area (Å²) < 4.78 is 37.1. The Hall–Kier alpha value is -2.22. The SMILES string of the molecule is COc1cc(Oc2ccc(F)c(Br)c2)c(F)cc1[N+](=O)[O-]. The summed E-state index contributed by atoms with van der Waals surface area (Å²) in [7, 11) is 1.22. The number of benzene rings is 2. The maximum Gasteiger partial charge on any atom is 0.314 e. The maximum absolute atomic E-state index is 13.8. The van der Waals surface area contributed by atoms with E-state index in [9.17, 15) is 18.9 Å². The number of halogens is 3. The zero-order chi connectivity index (χ0) is 15.6. The van der Waals surface area contributed by atoms with Crippen LogP contribution in [0.5, 0.6) is 17.2 Å². The predicted octanol–water partition coefficient (Wildman–Crippen LogP) is 4.44. The maximum atomic E-state index is 13.8. The Morgan fingerprint density at radius 2 is 1.86 bits per heavy atom. The molecule has 0 fully saturated rings. The standard InChI is InChI=1S/C13H8BrF2NO4/c1-20-13-6-12(10(16)5-11(13)17(18)19)21-7-2-3-9(15)8(14)4-7/h2-6H,1H3. The average Bonchev–Trinajstić information content (AvgIpc) is 2.44. The monoisotopic (exact) mass is 359 g/mol. The molecular weight excluding hydrogens is 352 g/mol. The van der Waals surface area contributed by atoms with Crippen molar-refractivity contribution >= 4 is 21.6 Å². The first kappa shape index (κ1) is 15.2. The van der Waals surface area contributed by atoms with Crippen molar-refractivity contribution < 1.29 is 23.2 Å². The van der Waals surface area contributed by atoms with Crippen molar-refractivity contribution in [2.24, 2.45) is 0 Å². The summed E-state index contributed by atoms with van der Waals surface area (Å²) in [6, 6.07) is 5.51. The Bertz CT molecular complexity index is 709. The number of rotatable bonds is 4. The molecule has 8 heteroatoms. The van der Waals surface area contributed by atoms with Gasteiger partial charge in [0.05, 0.1) is 22.6 Å². The molecule has 0 aliphatic heterocycles. The zero-order valence-corrected chi connectivity index (χ0v) is 12.2. The number of ether oxygens (including phenoxy) is 2. The molecule has 2 rings (SSSR count). The quantitative estimate of drug-likeness (QED) is 0.598. The third kappa shape index (κ3) is 3.27. The molecule has 5 nitrogen and oxygen atoms in total. The van der Waals surface area contributed by atoms with Crippen molar-refractivity contribution in [3.63, 3.8) is 0 Å². The summed E-state index contributed by atoms with van der Waals surface area (Å²) in [6.45, 7) is 0. The molecule has 0 bridgehead atoms. The second-order valence-corrected chi connectivity index (χ2v) is 4.74. The van der Waals surface area contributed by atoms with E-state index in [2.05, 4.69) is 15.9 Å². The number of nitro benzene ring substituents is 1. The van der Waals surface area contributed by atoms with Crippen molar-refractivity contribution in [3.8, 4) is 17.2 Å². The van der Waals surface area contributed by atoms with Crippen molar-refractivity contribution in [3.05, 3.63) is 56.6 Å². The second-order valence-electron chi connectivity index (χ2n) is 3.89. The summed E-state index contributed by atoms with van der Waals surface area (Å²) in [5, 5.41) is 10.8. The highest BCUT2D eigenvalue weighted by molar-refractivity contribution is 9.10. The van der Waals surface area contributed by atoms with Gasteiger partial charge in [-0.25, -0.2) is 8.78 Å². The van der Waals surface area contributed by atoms with E-state index >= 15 is 0 Å². The largest absolute Gasteiger partial charge is 0.490 e. The molecule has 0 aliphatic carbocycles. The van der Waals surface area contributed by atoms with Gasteiger partial charge in [-0.3, -0.25) is 10.1 Å². The minimum absolute atomic E-state index is 0.141. The lowest BCUT2D eigenvalue weighted by Crippen LogP contribution is -1.97. The van der Waals surface area contributed by atoms with Crippen LogP contribution in [0.25, 0.3) is 0 Å². The first-order chi connectivity index (χ1) is 9.92. The minimum atomic E-state index is -0.928. The van der Waals surface area contributed by atoms with Gasteiger partial charge in [0.1, 0.15) is 11.6 Å². The highest BCUT2D eigenvalue weighted by Crippen LogP contribution is 2.36. The molecule has 0 unspecified atom stereocenters. The van der Waals surface area contributed by atoms with Crippen molar-refractivity contribution in [2.75, 3.05) is 7.11 Å². The van der Waals surface area contributed by atoms with E-state index in [0.717, 1.165) is 12.1 Å². The van der Waals surface area contributed by atoms with Crippen LogP contribution in [0, 0.1) is 21.7 Å². The lowest BCUT2D eigenvalue weighted by molar-refractivity contribution is -0.386. The fourth-order valence-corrected chi connectivity index (χ4v) is 1.93. The van der Waals surface area contributed by atoms with Gasteiger partial charge in [0.2, 0.25) is 5.75 Å². The molecule has 0 radical (unpaired) electrons. The van der Waals surface area contributed by atoms with Gasteiger partial charge >= 0.3 is 5.69 Å². The molecule has 2 aromatic rings. The summed E-state index contributed by atoms with van der Waals surface area (Å²) in [5.41, 5.74) is -0.511. The Labute approximate surface area is 126 Å². The molecule has 0 atom stereocenters. The Kier molecular flexibility index (Phi) is 4.37. The number of nitro groups is 1. The summed E-state index contributed by atoms with van der Waals surface area (Å²) in [6.07, 6.45) is 0. The van der Waals surface area contributed by atoms with Crippen LogP contribution < -0.4 is 9.47 Å². The number of hydrogen-bond acceptors (Lipinski definition) is 4. The van der Waals surface area contributed by atoms with Crippen molar-refractivity contribution in [1.82, 2.24) is 0 Å². The highest BCUT2D eigenvalue weighted by atomic mass is 79.9.